The molecule has 1 atom stereocenters. The van der Waals surface area contributed by atoms with Gasteiger partial charge in [-0.15, -0.1) is 0 Å². The monoisotopic (exact) mass is 349 g/mol. The highest BCUT2D eigenvalue weighted by Gasteiger charge is 2.33. The normalized spacial score (nSPS) is 18.9. The van der Waals surface area contributed by atoms with Gasteiger partial charge in [-0.05, 0) is 60.6 Å². The second-order valence-electron chi connectivity index (χ2n) is 7.09. The van der Waals surface area contributed by atoms with Crippen molar-refractivity contribution in [1.82, 2.24) is 0 Å². The highest BCUT2D eigenvalue weighted by molar-refractivity contribution is 6.01. The number of aryl methyl sites for hydroxylation is 1. The highest BCUT2D eigenvalue weighted by atomic mass is 16.5. The first-order valence-corrected chi connectivity index (χ1v) is 9.44. The summed E-state index contributed by atoms with van der Waals surface area (Å²) in [5.41, 5.74) is 5.88. The lowest BCUT2D eigenvalue weighted by Gasteiger charge is -2.35. The lowest BCUT2D eigenvalue weighted by Crippen LogP contribution is -2.41. The van der Waals surface area contributed by atoms with Crippen molar-refractivity contribution in [2.45, 2.75) is 31.6 Å². The second-order valence-corrected chi connectivity index (χ2v) is 7.09. The molecule has 2 aromatic rings. The van der Waals surface area contributed by atoms with Crippen LogP contribution in [0.15, 0.2) is 36.4 Å². The Balaban J connectivity index is 1.66. The smallest absolute Gasteiger partial charge is 0.234 e. The predicted octanol–water partition coefficient (Wildman–Crippen LogP) is 3.55. The first-order valence-electron chi connectivity index (χ1n) is 9.44. The Morgan fingerprint density at radius 2 is 2.23 bits per heavy atom. The minimum atomic E-state index is -0.124. The maximum Gasteiger partial charge on any atom is 0.234 e. The van der Waals surface area contributed by atoms with Crippen molar-refractivity contribution in [2.75, 3.05) is 37.0 Å². The zero-order valence-corrected chi connectivity index (χ0v) is 15.3. The number of anilines is 2. The van der Waals surface area contributed by atoms with Gasteiger partial charge in [0.1, 0.15) is 0 Å². The zero-order valence-electron chi connectivity index (χ0n) is 15.3. The van der Waals surface area contributed by atoms with E-state index in [1.165, 1.54) is 23.2 Å². The van der Waals surface area contributed by atoms with E-state index in [1.807, 2.05) is 17.0 Å². The van der Waals surface area contributed by atoms with Crippen molar-refractivity contribution in [3.63, 3.8) is 0 Å². The molecule has 4 rings (SSSR count). The van der Waals surface area contributed by atoms with Gasteiger partial charge in [-0.25, -0.2) is 0 Å². The van der Waals surface area contributed by atoms with Crippen LogP contribution in [-0.4, -0.2) is 32.7 Å². The van der Waals surface area contributed by atoms with E-state index >= 15 is 0 Å². The molecule has 1 radical (unpaired) electrons. The van der Waals surface area contributed by atoms with Gasteiger partial charge in [0.15, 0.2) is 0 Å². The van der Waals surface area contributed by atoms with Crippen LogP contribution < -0.4 is 10.2 Å². The molecule has 0 spiro atoms. The van der Waals surface area contributed by atoms with Gasteiger partial charge in [-0.1, -0.05) is 24.3 Å². The number of nitrogens with zero attached hydrogens (tertiary/aromatic N) is 1. The van der Waals surface area contributed by atoms with Crippen LogP contribution in [-0.2, 0) is 22.4 Å². The number of ether oxygens (including phenoxy) is 1. The SMILES string of the molecule is COCCCN1C(=O)C(c2ccc3c(c2)NCCC3)Cc2cc[c]cc21. The summed E-state index contributed by atoms with van der Waals surface area (Å²) in [5, 5.41) is 3.48. The molecule has 26 heavy (non-hydrogen) atoms. The van der Waals surface area contributed by atoms with E-state index in [9.17, 15) is 4.79 Å². The molecule has 0 aromatic heterocycles. The molecule has 0 bridgehead atoms. The van der Waals surface area contributed by atoms with Crippen LogP contribution in [0.2, 0.25) is 0 Å². The van der Waals surface area contributed by atoms with Gasteiger partial charge >= 0.3 is 0 Å². The average Bonchev–Trinajstić information content (AvgIpc) is 2.69. The molecular weight excluding hydrogens is 324 g/mol. The van der Waals surface area contributed by atoms with E-state index in [2.05, 4.69) is 35.6 Å². The average molecular weight is 349 g/mol. The van der Waals surface area contributed by atoms with Crippen molar-refractivity contribution < 1.29 is 9.53 Å². The Morgan fingerprint density at radius 3 is 3.12 bits per heavy atom. The molecule has 2 aliphatic heterocycles. The predicted molar refractivity (Wildman–Crippen MR) is 104 cm³/mol. The summed E-state index contributed by atoms with van der Waals surface area (Å²) in [4.78, 5) is 15.2. The van der Waals surface area contributed by atoms with Gasteiger partial charge in [-0.2, -0.15) is 0 Å². The van der Waals surface area contributed by atoms with Crippen molar-refractivity contribution in [1.29, 1.82) is 0 Å². The van der Waals surface area contributed by atoms with E-state index in [0.717, 1.165) is 37.1 Å². The highest BCUT2D eigenvalue weighted by Crippen LogP contribution is 2.37. The minimum Gasteiger partial charge on any atom is -0.385 e. The number of hydrogen-bond donors (Lipinski definition) is 1. The lowest BCUT2D eigenvalue weighted by atomic mass is 9.85. The van der Waals surface area contributed by atoms with Gasteiger partial charge in [-0.3, -0.25) is 4.79 Å². The minimum absolute atomic E-state index is 0.124. The summed E-state index contributed by atoms with van der Waals surface area (Å²) in [6, 6.07) is 15.6. The summed E-state index contributed by atoms with van der Waals surface area (Å²) >= 11 is 0. The molecule has 0 saturated heterocycles. The first-order chi connectivity index (χ1) is 12.8. The summed E-state index contributed by atoms with van der Waals surface area (Å²) in [6.45, 7) is 2.34. The Labute approximate surface area is 155 Å². The van der Waals surface area contributed by atoms with Crippen LogP contribution in [0.3, 0.4) is 0 Å². The number of carbonyl (C=O) groups excluding carboxylic acids is 1. The number of methoxy groups -OCH3 is 1. The van der Waals surface area contributed by atoms with Gasteiger partial charge in [0.05, 0.1) is 5.92 Å². The quantitative estimate of drug-likeness (QED) is 0.840. The number of nitrogens with one attached hydrogen (secondary N) is 1. The molecular formula is C22H25N2O2. The molecule has 1 unspecified atom stereocenters. The molecule has 0 saturated carbocycles. The number of rotatable bonds is 5. The third-order valence-electron chi connectivity index (χ3n) is 5.41. The summed E-state index contributed by atoms with van der Waals surface area (Å²) in [7, 11) is 1.70. The Morgan fingerprint density at radius 1 is 1.31 bits per heavy atom. The van der Waals surface area contributed by atoms with Crippen LogP contribution in [0.4, 0.5) is 11.4 Å². The summed E-state index contributed by atoms with van der Waals surface area (Å²) < 4.78 is 5.18. The standard InChI is InChI=1S/C22H25N2O2/c1-26-13-5-12-24-21-8-3-2-6-18(21)14-19(22(24)25)17-10-9-16-7-4-11-23-20(16)15-17/h2,6,8-10,15,19,23H,4-5,7,11-14H2,1H3. The fourth-order valence-electron chi connectivity index (χ4n) is 4.05. The number of amides is 1. The summed E-state index contributed by atoms with van der Waals surface area (Å²) in [6.07, 6.45) is 3.87. The number of carbonyl (C=O) groups is 1. The Bertz CT molecular complexity index is 802. The van der Waals surface area contributed by atoms with E-state index in [4.69, 9.17) is 4.74 Å². The van der Waals surface area contributed by atoms with Gasteiger partial charge in [0.25, 0.3) is 0 Å². The molecule has 1 N–H and O–H groups in total. The Hall–Kier alpha value is -2.33. The van der Waals surface area contributed by atoms with E-state index < -0.39 is 0 Å². The summed E-state index contributed by atoms with van der Waals surface area (Å²) in [5.74, 6) is 0.0606. The number of benzene rings is 2. The van der Waals surface area contributed by atoms with E-state index in [-0.39, 0.29) is 11.8 Å². The van der Waals surface area contributed by atoms with Crippen LogP contribution in [0.1, 0.15) is 35.4 Å². The van der Waals surface area contributed by atoms with Gasteiger partial charge < -0.3 is 15.0 Å². The number of hydrogen-bond acceptors (Lipinski definition) is 3. The largest absolute Gasteiger partial charge is 0.385 e. The van der Waals surface area contributed by atoms with E-state index in [1.54, 1.807) is 7.11 Å². The van der Waals surface area contributed by atoms with Crippen molar-refractivity contribution >= 4 is 17.3 Å². The third kappa shape index (κ3) is 3.21. The molecule has 2 aliphatic rings. The van der Waals surface area contributed by atoms with Crippen LogP contribution in [0.25, 0.3) is 0 Å². The maximum atomic E-state index is 13.3. The Kier molecular flexibility index (Phi) is 4.93. The molecule has 2 aromatic carbocycles. The molecule has 0 aliphatic carbocycles. The zero-order chi connectivity index (χ0) is 17.9. The van der Waals surface area contributed by atoms with Gasteiger partial charge in [0.2, 0.25) is 5.91 Å². The van der Waals surface area contributed by atoms with E-state index in [0.29, 0.717) is 13.2 Å². The number of fused-ring (bicyclic) bond motifs is 2. The van der Waals surface area contributed by atoms with Crippen LogP contribution in [0, 0.1) is 6.07 Å². The fraction of sp³-hybridized carbons (Fsp3) is 0.409. The molecule has 4 heteroatoms. The lowest BCUT2D eigenvalue weighted by molar-refractivity contribution is -0.120. The van der Waals surface area contributed by atoms with Crippen LogP contribution >= 0.6 is 0 Å². The maximum absolute atomic E-state index is 13.3. The molecule has 4 nitrogen and oxygen atoms in total. The molecule has 0 fully saturated rings. The molecule has 2 heterocycles. The molecule has 1 amide bonds. The van der Waals surface area contributed by atoms with Crippen molar-refractivity contribution in [2.24, 2.45) is 0 Å². The third-order valence-corrected chi connectivity index (χ3v) is 5.41. The first kappa shape index (κ1) is 17.1. The van der Waals surface area contributed by atoms with Gasteiger partial charge in [0, 0.05) is 38.2 Å². The second kappa shape index (κ2) is 7.50. The topological polar surface area (TPSA) is 41.6 Å². The molecule has 135 valence electrons. The van der Waals surface area contributed by atoms with Crippen LogP contribution in [0.5, 0.6) is 0 Å². The van der Waals surface area contributed by atoms with Crippen molar-refractivity contribution in [3.05, 3.63) is 59.2 Å². The fourth-order valence-corrected chi connectivity index (χ4v) is 4.05. The van der Waals surface area contributed by atoms with Crippen molar-refractivity contribution in [3.8, 4) is 0 Å².